The van der Waals surface area contributed by atoms with Crippen LogP contribution in [0.25, 0.3) is 0 Å². The molecule has 0 spiro atoms. The lowest BCUT2D eigenvalue weighted by atomic mass is 9.80. The lowest BCUT2D eigenvalue weighted by Crippen LogP contribution is -2.60. The van der Waals surface area contributed by atoms with Gasteiger partial charge in [-0.05, 0) is 42.2 Å². The fraction of sp³-hybridized carbons (Fsp3) is 0.677. The van der Waals surface area contributed by atoms with Crippen LogP contribution in [0.1, 0.15) is 85.8 Å². The average molecular weight is 620 g/mol. The van der Waals surface area contributed by atoms with Crippen LogP contribution in [0.5, 0.6) is 0 Å². The van der Waals surface area contributed by atoms with Crippen LogP contribution in [0.15, 0.2) is 22.8 Å². The number of likely N-dealkylation sites (tertiary alicyclic amines) is 1. The van der Waals surface area contributed by atoms with E-state index in [1.807, 2.05) is 6.92 Å². The zero-order valence-electron chi connectivity index (χ0n) is 26.8. The summed E-state index contributed by atoms with van der Waals surface area (Å²) < 4.78 is 10.1. The van der Waals surface area contributed by atoms with Gasteiger partial charge in [-0.15, -0.1) is 0 Å². The molecule has 1 aliphatic heterocycles. The SMILES string of the molecule is CCC.C[C@@H]1CC(C(=O)NC(CC2CCC2)C(=O)C(N)=O)N(C(=O)C(NC(=O)NCC(=O)OCc2ccco2)C(C)(C)C)C1. The van der Waals surface area contributed by atoms with E-state index in [2.05, 4.69) is 29.8 Å². The number of hydrogen-bond donors (Lipinski definition) is 4. The Balaban J connectivity index is 0.00000216. The third kappa shape index (κ3) is 11.0. The molecule has 246 valence electrons. The molecule has 1 aliphatic carbocycles. The van der Waals surface area contributed by atoms with Crippen LogP contribution in [0.4, 0.5) is 4.79 Å². The Kier molecular flexibility index (Phi) is 13.9. The van der Waals surface area contributed by atoms with Gasteiger partial charge in [0.1, 0.15) is 31.0 Å². The van der Waals surface area contributed by atoms with E-state index in [0.29, 0.717) is 18.6 Å². The van der Waals surface area contributed by atoms with Gasteiger partial charge in [0.05, 0.1) is 12.3 Å². The van der Waals surface area contributed by atoms with Gasteiger partial charge < -0.3 is 35.7 Å². The van der Waals surface area contributed by atoms with Gasteiger partial charge in [-0.3, -0.25) is 24.0 Å². The molecule has 1 aromatic rings. The predicted octanol–water partition coefficient (Wildman–Crippen LogP) is 2.42. The Bertz CT molecular complexity index is 1140. The molecule has 13 heteroatoms. The number of nitrogens with zero attached hydrogens (tertiary/aromatic N) is 1. The number of carbonyl (C=O) groups excluding carboxylic acids is 6. The number of Topliss-reactive ketones (excluding diaryl/α,β-unsaturated/α-hetero) is 1. The zero-order valence-corrected chi connectivity index (χ0v) is 26.8. The Morgan fingerprint density at radius 1 is 1.11 bits per heavy atom. The first-order chi connectivity index (χ1) is 20.7. The molecule has 3 unspecified atom stereocenters. The molecular formula is C31H49N5O8. The summed E-state index contributed by atoms with van der Waals surface area (Å²) in [6.07, 6.45) is 6.21. The molecular weight excluding hydrogens is 570 g/mol. The first-order valence-corrected chi connectivity index (χ1v) is 15.3. The molecule has 13 nitrogen and oxygen atoms in total. The summed E-state index contributed by atoms with van der Waals surface area (Å²) in [4.78, 5) is 77.3. The molecule has 44 heavy (non-hydrogen) atoms. The second-order valence-electron chi connectivity index (χ2n) is 12.7. The standard InChI is InChI=1S/C28H41N5O8.C3H8/c1-16-11-20(25(37)31-19(22(35)24(29)36)12-17-7-5-8-17)33(14-16)26(38)23(28(2,3)4)32-27(39)30-13-21(34)41-15-18-9-6-10-40-18;1-3-2/h6,9-10,16-17,19-20,23H,5,7-8,11-15H2,1-4H3,(H2,29,36)(H,31,37)(H2,30,32,39);3H2,1-2H3/t16-,19?,20?,23?;/m1./s1. The molecule has 1 saturated heterocycles. The summed E-state index contributed by atoms with van der Waals surface area (Å²) in [6.45, 7) is 11.2. The highest BCUT2D eigenvalue weighted by molar-refractivity contribution is 6.37. The van der Waals surface area contributed by atoms with E-state index >= 15 is 0 Å². The number of primary amides is 1. The maximum atomic E-state index is 13.8. The summed E-state index contributed by atoms with van der Waals surface area (Å²) in [5.41, 5.74) is 4.48. The summed E-state index contributed by atoms with van der Waals surface area (Å²) in [7, 11) is 0. The third-order valence-corrected chi connectivity index (χ3v) is 7.50. The molecule has 1 aromatic heterocycles. The molecule has 0 aromatic carbocycles. The van der Waals surface area contributed by atoms with Crippen LogP contribution >= 0.6 is 0 Å². The number of ketones is 1. The van der Waals surface area contributed by atoms with Crippen molar-refractivity contribution < 1.29 is 37.9 Å². The van der Waals surface area contributed by atoms with Crippen molar-refractivity contribution in [2.75, 3.05) is 13.1 Å². The molecule has 2 aliphatic rings. The number of nitrogens with one attached hydrogen (secondary N) is 3. The Labute approximate surface area is 259 Å². The van der Waals surface area contributed by atoms with Crippen molar-refractivity contribution in [2.24, 2.45) is 23.0 Å². The second-order valence-corrected chi connectivity index (χ2v) is 12.7. The van der Waals surface area contributed by atoms with Crippen LogP contribution in [0, 0.1) is 17.3 Å². The minimum absolute atomic E-state index is 0.0231. The van der Waals surface area contributed by atoms with E-state index in [1.165, 1.54) is 17.6 Å². The van der Waals surface area contributed by atoms with E-state index in [4.69, 9.17) is 14.9 Å². The van der Waals surface area contributed by atoms with Crippen LogP contribution in [-0.4, -0.2) is 71.6 Å². The third-order valence-electron chi connectivity index (χ3n) is 7.50. The van der Waals surface area contributed by atoms with Gasteiger partial charge in [0.15, 0.2) is 0 Å². The lowest BCUT2D eigenvalue weighted by Gasteiger charge is -2.36. The summed E-state index contributed by atoms with van der Waals surface area (Å²) >= 11 is 0. The van der Waals surface area contributed by atoms with E-state index in [0.717, 1.165) is 19.3 Å². The number of nitrogens with two attached hydrogens (primary N) is 1. The minimum Gasteiger partial charge on any atom is -0.466 e. The van der Waals surface area contributed by atoms with Crippen molar-refractivity contribution in [2.45, 2.75) is 105 Å². The lowest BCUT2D eigenvalue weighted by molar-refractivity contribution is -0.144. The van der Waals surface area contributed by atoms with E-state index in [1.54, 1.807) is 32.9 Å². The number of urea groups is 1. The highest BCUT2D eigenvalue weighted by Crippen LogP contribution is 2.32. The van der Waals surface area contributed by atoms with Crippen molar-refractivity contribution in [3.8, 4) is 0 Å². The quantitative estimate of drug-likeness (QED) is 0.203. The predicted molar refractivity (Wildman–Crippen MR) is 162 cm³/mol. The molecule has 4 atom stereocenters. The van der Waals surface area contributed by atoms with Crippen molar-refractivity contribution in [3.05, 3.63) is 24.2 Å². The van der Waals surface area contributed by atoms with Crippen LogP contribution < -0.4 is 21.7 Å². The Morgan fingerprint density at radius 2 is 1.77 bits per heavy atom. The number of carbonyl (C=O) groups is 6. The molecule has 5 amide bonds. The topological polar surface area (TPSA) is 190 Å². The van der Waals surface area contributed by atoms with E-state index in [-0.39, 0.29) is 25.0 Å². The summed E-state index contributed by atoms with van der Waals surface area (Å²) in [5, 5.41) is 7.71. The largest absolute Gasteiger partial charge is 0.466 e. The number of rotatable bonds is 12. The number of hydrogen-bond acceptors (Lipinski definition) is 8. The molecule has 0 radical (unpaired) electrons. The van der Waals surface area contributed by atoms with Gasteiger partial charge in [-0.25, -0.2) is 4.79 Å². The monoisotopic (exact) mass is 619 g/mol. The van der Waals surface area contributed by atoms with Gasteiger partial charge in [0.25, 0.3) is 5.91 Å². The number of ether oxygens (including phenoxy) is 1. The number of furan rings is 1. The summed E-state index contributed by atoms with van der Waals surface area (Å²) in [5.74, 6) is -3.04. The maximum Gasteiger partial charge on any atom is 0.325 e. The van der Waals surface area contributed by atoms with E-state index < -0.39 is 65.6 Å². The second kappa shape index (κ2) is 16.8. The normalized spacial score (nSPS) is 19.4. The maximum absolute atomic E-state index is 13.8. The van der Waals surface area contributed by atoms with Crippen molar-refractivity contribution in [1.82, 2.24) is 20.9 Å². The average Bonchev–Trinajstić information content (AvgIpc) is 3.59. The molecule has 5 N–H and O–H groups in total. The zero-order chi connectivity index (χ0) is 33.0. The van der Waals surface area contributed by atoms with Gasteiger partial charge in [0.2, 0.25) is 17.6 Å². The smallest absolute Gasteiger partial charge is 0.325 e. The Hall–Kier alpha value is -3.90. The molecule has 2 heterocycles. The van der Waals surface area contributed by atoms with Crippen LogP contribution in [-0.2, 0) is 35.3 Å². The van der Waals surface area contributed by atoms with Crippen LogP contribution in [0.3, 0.4) is 0 Å². The Morgan fingerprint density at radius 3 is 2.30 bits per heavy atom. The number of amides is 5. The highest BCUT2D eigenvalue weighted by atomic mass is 16.5. The molecule has 2 fully saturated rings. The van der Waals surface area contributed by atoms with Gasteiger partial charge in [-0.2, -0.15) is 0 Å². The summed E-state index contributed by atoms with van der Waals surface area (Å²) in [6, 6.07) is -0.443. The first-order valence-electron chi connectivity index (χ1n) is 15.3. The van der Waals surface area contributed by atoms with Crippen LogP contribution in [0.2, 0.25) is 0 Å². The minimum atomic E-state index is -1.12. The van der Waals surface area contributed by atoms with E-state index in [9.17, 15) is 28.8 Å². The first kappa shape index (κ1) is 36.3. The van der Waals surface area contributed by atoms with Gasteiger partial charge in [0, 0.05) is 6.54 Å². The van der Waals surface area contributed by atoms with Gasteiger partial charge in [-0.1, -0.05) is 67.2 Å². The molecule has 3 rings (SSSR count). The van der Waals surface area contributed by atoms with Crippen molar-refractivity contribution in [3.63, 3.8) is 0 Å². The van der Waals surface area contributed by atoms with Gasteiger partial charge >= 0.3 is 12.0 Å². The van der Waals surface area contributed by atoms with Crippen molar-refractivity contribution >= 4 is 35.5 Å². The highest BCUT2D eigenvalue weighted by Gasteiger charge is 2.45. The van der Waals surface area contributed by atoms with Crippen molar-refractivity contribution in [1.29, 1.82) is 0 Å². The fourth-order valence-corrected chi connectivity index (χ4v) is 5.02. The number of esters is 1. The molecule has 0 bridgehead atoms. The fourth-order valence-electron chi connectivity index (χ4n) is 5.02. The molecule has 1 saturated carbocycles.